The van der Waals surface area contributed by atoms with Crippen LogP contribution in [-0.2, 0) is 4.74 Å². The van der Waals surface area contributed by atoms with Crippen molar-refractivity contribution in [3.63, 3.8) is 0 Å². The number of nitrogens with zero attached hydrogens (tertiary/aromatic N) is 1. The zero-order valence-corrected chi connectivity index (χ0v) is 12.8. The van der Waals surface area contributed by atoms with Crippen molar-refractivity contribution in [3.8, 4) is 0 Å². The normalized spacial score (nSPS) is 27.4. The standard InChI is InChI=1S/C18H26N2O/c1-4-9-18(10-5-1)11-8-15(21-18)14-20-13-12-19-16-6-2-3-7-17(16)20/h2-3,6-7,15,19H,1,4-5,8-14H2. The van der Waals surface area contributed by atoms with Crippen LogP contribution in [0.1, 0.15) is 44.9 Å². The Morgan fingerprint density at radius 3 is 2.90 bits per heavy atom. The van der Waals surface area contributed by atoms with Gasteiger partial charge in [-0.1, -0.05) is 31.4 Å². The summed E-state index contributed by atoms with van der Waals surface area (Å²) >= 11 is 0. The molecule has 114 valence electrons. The topological polar surface area (TPSA) is 24.5 Å². The number of benzene rings is 1. The predicted molar refractivity (Wildman–Crippen MR) is 87.1 cm³/mol. The van der Waals surface area contributed by atoms with Gasteiger partial charge in [-0.05, 0) is 37.8 Å². The van der Waals surface area contributed by atoms with Crippen LogP contribution in [0.5, 0.6) is 0 Å². The number of para-hydroxylation sites is 2. The molecule has 0 bridgehead atoms. The molecule has 1 saturated carbocycles. The Balaban J connectivity index is 1.43. The van der Waals surface area contributed by atoms with Gasteiger partial charge in [-0.3, -0.25) is 0 Å². The van der Waals surface area contributed by atoms with Gasteiger partial charge in [0.15, 0.2) is 0 Å². The van der Waals surface area contributed by atoms with Crippen molar-refractivity contribution in [2.75, 3.05) is 29.9 Å². The maximum absolute atomic E-state index is 6.55. The van der Waals surface area contributed by atoms with Crippen LogP contribution in [0.2, 0.25) is 0 Å². The molecular weight excluding hydrogens is 260 g/mol. The smallest absolute Gasteiger partial charge is 0.0758 e. The highest BCUT2D eigenvalue weighted by molar-refractivity contribution is 5.71. The minimum absolute atomic E-state index is 0.246. The van der Waals surface area contributed by atoms with E-state index in [0.29, 0.717) is 6.10 Å². The molecule has 1 saturated heterocycles. The summed E-state index contributed by atoms with van der Waals surface area (Å²) in [4.78, 5) is 2.51. The monoisotopic (exact) mass is 286 g/mol. The van der Waals surface area contributed by atoms with Gasteiger partial charge in [-0.15, -0.1) is 0 Å². The second-order valence-electron chi connectivity index (χ2n) is 6.91. The fraction of sp³-hybridized carbons (Fsp3) is 0.667. The first-order valence-electron chi connectivity index (χ1n) is 8.60. The van der Waals surface area contributed by atoms with Crippen molar-refractivity contribution in [2.45, 2.75) is 56.7 Å². The summed E-state index contributed by atoms with van der Waals surface area (Å²) in [6, 6.07) is 8.65. The van der Waals surface area contributed by atoms with Crippen LogP contribution in [-0.4, -0.2) is 31.3 Å². The maximum Gasteiger partial charge on any atom is 0.0758 e. The largest absolute Gasteiger partial charge is 0.382 e. The Bertz CT molecular complexity index is 496. The van der Waals surface area contributed by atoms with Gasteiger partial charge in [0.1, 0.15) is 0 Å². The number of fused-ring (bicyclic) bond motifs is 1. The highest BCUT2D eigenvalue weighted by Gasteiger charge is 2.41. The molecule has 4 rings (SSSR count). The van der Waals surface area contributed by atoms with Gasteiger partial charge < -0.3 is 15.0 Å². The molecule has 0 amide bonds. The number of hydrogen-bond acceptors (Lipinski definition) is 3. The molecule has 1 aliphatic carbocycles. The fourth-order valence-electron chi connectivity index (χ4n) is 4.37. The molecule has 1 unspecified atom stereocenters. The first-order chi connectivity index (χ1) is 10.3. The molecule has 0 aromatic heterocycles. The summed E-state index contributed by atoms with van der Waals surface area (Å²) in [6.45, 7) is 3.18. The fourth-order valence-corrected chi connectivity index (χ4v) is 4.37. The number of rotatable bonds is 2. The van der Waals surface area contributed by atoms with Gasteiger partial charge in [0.2, 0.25) is 0 Å². The van der Waals surface area contributed by atoms with E-state index in [-0.39, 0.29) is 5.60 Å². The maximum atomic E-state index is 6.55. The van der Waals surface area contributed by atoms with E-state index in [4.69, 9.17) is 4.74 Å². The molecule has 0 radical (unpaired) electrons. The molecule has 2 fully saturated rings. The molecule has 1 spiro atoms. The molecule has 21 heavy (non-hydrogen) atoms. The van der Waals surface area contributed by atoms with Crippen molar-refractivity contribution in [1.82, 2.24) is 0 Å². The lowest BCUT2D eigenvalue weighted by molar-refractivity contribution is -0.0604. The number of hydrogen-bond donors (Lipinski definition) is 1. The molecule has 3 heteroatoms. The summed E-state index contributed by atoms with van der Waals surface area (Å²) in [5.74, 6) is 0. The lowest BCUT2D eigenvalue weighted by Gasteiger charge is -2.36. The summed E-state index contributed by atoms with van der Waals surface area (Å²) in [5, 5.41) is 3.49. The lowest BCUT2D eigenvalue weighted by Crippen LogP contribution is -2.40. The molecular formula is C18H26N2O. The Morgan fingerprint density at radius 1 is 1.14 bits per heavy atom. The molecule has 3 nitrogen and oxygen atoms in total. The number of ether oxygens (including phenoxy) is 1. The van der Waals surface area contributed by atoms with E-state index in [1.807, 2.05) is 0 Å². The van der Waals surface area contributed by atoms with Gasteiger partial charge >= 0.3 is 0 Å². The van der Waals surface area contributed by atoms with Gasteiger partial charge in [-0.2, -0.15) is 0 Å². The van der Waals surface area contributed by atoms with Crippen LogP contribution >= 0.6 is 0 Å². The quantitative estimate of drug-likeness (QED) is 0.895. The van der Waals surface area contributed by atoms with Gasteiger partial charge in [-0.25, -0.2) is 0 Å². The zero-order chi connectivity index (χ0) is 14.1. The third-order valence-corrected chi connectivity index (χ3v) is 5.47. The van der Waals surface area contributed by atoms with Crippen LogP contribution in [0.3, 0.4) is 0 Å². The van der Waals surface area contributed by atoms with E-state index in [0.717, 1.165) is 19.6 Å². The SMILES string of the molecule is c1ccc2c(c1)NCCN2CC1CCC2(CCCCC2)O1. The summed E-state index contributed by atoms with van der Waals surface area (Å²) in [5.41, 5.74) is 2.86. The minimum atomic E-state index is 0.246. The van der Waals surface area contributed by atoms with E-state index in [2.05, 4.69) is 34.5 Å². The van der Waals surface area contributed by atoms with Crippen LogP contribution in [0, 0.1) is 0 Å². The number of anilines is 2. The molecule has 3 aliphatic rings. The second kappa shape index (κ2) is 5.53. The Morgan fingerprint density at radius 2 is 2.00 bits per heavy atom. The van der Waals surface area contributed by atoms with E-state index in [1.165, 1.54) is 56.3 Å². The minimum Gasteiger partial charge on any atom is -0.382 e. The van der Waals surface area contributed by atoms with Crippen molar-refractivity contribution in [2.24, 2.45) is 0 Å². The summed E-state index contributed by atoms with van der Waals surface area (Å²) in [6.07, 6.45) is 9.67. The zero-order valence-electron chi connectivity index (χ0n) is 12.8. The Hall–Kier alpha value is -1.22. The third kappa shape index (κ3) is 2.64. The van der Waals surface area contributed by atoms with Crippen molar-refractivity contribution < 1.29 is 4.74 Å². The molecule has 1 aromatic carbocycles. The Kier molecular flexibility index (Phi) is 3.54. The molecule has 1 atom stereocenters. The molecule has 2 aliphatic heterocycles. The van der Waals surface area contributed by atoms with Crippen LogP contribution in [0.4, 0.5) is 11.4 Å². The van der Waals surface area contributed by atoms with Crippen LogP contribution in [0.15, 0.2) is 24.3 Å². The highest BCUT2D eigenvalue weighted by Crippen LogP contribution is 2.42. The van der Waals surface area contributed by atoms with E-state index in [9.17, 15) is 0 Å². The first-order valence-corrected chi connectivity index (χ1v) is 8.60. The lowest BCUT2D eigenvalue weighted by atomic mass is 9.83. The molecule has 1 N–H and O–H groups in total. The van der Waals surface area contributed by atoms with E-state index >= 15 is 0 Å². The van der Waals surface area contributed by atoms with Gasteiger partial charge in [0, 0.05) is 19.6 Å². The number of nitrogens with one attached hydrogen (secondary N) is 1. The highest BCUT2D eigenvalue weighted by atomic mass is 16.5. The van der Waals surface area contributed by atoms with Gasteiger partial charge in [0.25, 0.3) is 0 Å². The van der Waals surface area contributed by atoms with E-state index in [1.54, 1.807) is 0 Å². The van der Waals surface area contributed by atoms with Crippen molar-refractivity contribution >= 4 is 11.4 Å². The summed E-state index contributed by atoms with van der Waals surface area (Å²) < 4.78 is 6.55. The summed E-state index contributed by atoms with van der Waals surface area (Å²) in [7, 11) is 0. The average molecular weight is 286 g/mol. The van der Waals surface area contributed by atoms with Crippen molar-refractivity contribution in [3.05, 3.63) is 24.3 Å². The van der Waals surface area contributed by atoms with Gasteiger partial charge in [0.05, 0.1) is 23.1 Å². The third-order valence-electron chi connectivity index (χ3n) is 5.47. The average Bonchev–Trinajstić information content (AvgIpc) is 2.91. The predicted octanol–water partition coefficient (Wildman–Crippen LogP) is 3.80. The second-order valence-corrected chi connectivity index (χ2v) is 6.91. The first kappa shape index (κ1) is 13.4. The van der Waals surface area contributed by atoms with Crippen LogP contribution < -0.4 is 10.2 Å². The Labute approximate surface area is 127 Å². The van der Waals surface area contributed by atoms with Crippen LogP contribution in [0.25, 0.3) is 0 Å². The molecule has 2 heterocycles. The molecule has 1 aromatic rings. The van der Waals surface area contributed by atoms with E-state index < -0.39 is 0 Å². The van der Waals surface area contributed by atoms with Crippen molar-refractivity contribution in [1.29, 1.82) is 0 Å².